The Hall–Kier alpha value is -1.81. The summed E-state index contributed by atoms with van der Waals surface area (Å²) in [6.45, 7) is 0.560. The van der Waals surface area contributed by atoms with Gasteiger partial charge in [-0.1, -0.05) is 24.3 Å². The van der Waals surface area contributed by atoms with Crippen LogP contribution in [0.2, 0.25) is 0 Å². The van der Waals surface area contributed by atoms with Crippen molar-refractivity contribution in [2.75, 3.05) is 14.2 Å². The van der Waals surface area contributed by atoms with Crippen LogP contribution < -0.4 is 4.74 Å². The second-order valence-corrected chi connectivity index (χ2v) is 5.34. The van der Waals surface area contributed by atoms with E-state index in [1.165, 1.54) is 0 Å². The maximum absolute atomic E-state index is 12.4. The van der Waals surface area contributed by atoms with E-state index in [0.29, 0.717) is 12.1 Å². The van der Waals surface area contributed by atoms with Crippen molar-refractivity contribution in [1.82, 2.24) is 4.90 Å². The van der Waals surface area contributed by atoms with Crippen molar-refractivity contribution < 1.29 is 9.53 Å². The molecule has 0 saturated heterocycles. The van der Waals surface area contributed by atoms with Gasteiger partial charge in [-0.25, -0.2) is 0 Å². The molecule has 104 valence electrons. The van der Waals surface area contributed by atoms with Gasteiger partial charge >= 0.3 is 0 Å². The van der Waals surface area contributed by atoms with E-state index in [4.69, 9.17) is 4.74 Å². The first-order valence-corrected chi connectivity index (χ1v) is 7.04. The molecule has 0 bridgehead atoms. The topological polar surface area (TPSA) is 29.5 Å². The summed E-state index contributed by atoms with van der Waals surface area (Å²) in [7, 11) is 3.43. The highest BCUT2D eigenvalue weighted by Gasteiger charge is 2.14. The molecule has 0 heterocycles. The highest BCUT2D eigenvalue weighted by molar-refractivity contribution is 9.10. The average Bonchev–Trinajstić information content (AvgIpc) is 2.48. The number of ether oxygens (including phenoxy) is 1. The van der Waals surface area contributed by atoms with Gasteiger partial charge in [-0.05, 0) is 45.8 Å². The molecular weight excluding hydrogens is 318 g/mol. The lowest BCUT2D eigenvalue weighted by Crippen LogP contribution is -2.26. The van der Waals surface area contributed by atoms with Crippen LogP contribution in [-0.2, 0) is 6.54 Å². The zero-order valence-corrected chi connectivity index (χ0v) is 13.1. The molecule has 0 aliphatic heterocycles. The standard InChI is InChI=1S/C16H16BrNO2/c1-18(11-12-7-9-13(20-2)10-8-12)16(19)14-5-3-4-6-15(14)17/h3-10H,11H2,1-2H3. The predicted octanol–water partition coefficient (Wildman–Crippen LogP) is 3.73. The fourth-order valence-electron chi connectivity index (χ4n) is 1.92. The second kappa shape index (κ2) is 6.57. The highest BCUT2D eigenvalue weighted by Crippen LogP contribution is 2.19. The number of hydrogen-bond acceptors (Lipinski definition) is 2. The van der Waals surface area contributed by atoms with Gasteiger partial charge in [-0.15, -0.1) is 0 Å². The molecule has 3 nitrogen and oxygen atoms in total. The maximum Gasteiger partial charge on any atom is 0.255 e. The Morgan fingerprint density at radius 1 is 1.15 bits per heavy atom. The molecule has 2 rings (SSSR count). The van der Waals surface area contributed by atoms with Crippen LogP contribution in [0.1, 0.15) is 15.9 Å². The third kappa shape index (κ3) is 3.39. The Morgan fingerprint density at radius 2 is 1.80 bits per heavy atom. The smallest absolute Gasteiger partial charge is 0.255 e. The molecule has 0 spiro atoms. The van der Waals surface area contributed by atoms with Gasteiger partial charge in [-0.2, -0.15) is 0 Å². The Bertz CT molecular complexity index is 596. The normalized spacial score (nSPS) is 10.2. The molecule has 2 aromatic carbocycles. The first-order chi connectivity index (χ1) is 9.61. The maximum atomic E-state index is 12.4. The molecule has 0 N–H and O–H groups in total. The van der Waals surface area contributed by atoms with Crippen molar-refractivity contribution in [2.24, 2.45) is 0 Å². The summed E-state index contributed by atoms with van der Waals surface area (Å²) in [6.07, 6.45) is 0. The summed E-state index contributed by atoms with van der Waals surface area (Å²) < 4.78 is 5.93. The number of carbonyl (C=O) groups excluding carboxylic acids is 1. The van der Waals surface area contributed by atoms with Crippen LogP contribution in [0.15, 0.2) is 53.0 Å². The van der Waals surface area contributed by atoms with E-state index in [9.17, 15) is 4.79 Å². The summed E-state index contributed by atoms with van der Waals surface area (Å²) in [5.41, 5.74) is 1.73. The SMILES string of the molecule is COc1ccc(CN(C)C(=O)c2ccccc2Br)cc1. The van der Waals surface area contributed by atoms with Crippen molar-refractivity contribution in [3.8, 4) is 5.75 Å². The third-order valence-electron chi connectivity index (χ3n) is 3.03. The summed E-state index contributed by atoms with van der Waals surface area (Å²) in [6, 6.07) is 15.2. The molecule has 1 amide bonds. The Balaban J connectivity index is 2.09. The van der Waals surface area contributed by atoms with E-state index < -0.39 is 0 Å². The molecule has 0 saturated carbocycles. The van der Waals surface area contributed by atoms with E-state index in [2.05, 4.69) is 15.9 Å². The van der Waals surface area contributed by atoms with Crippen LogP contribution in [-0.4, -0.2) is 25.0 Å². The van der Waals surface area contributed by atoms with E-state index in [1.54, 1.807) is 19.1 Å². The van der Waals surface area contributed by atoms with Gasteiger partial charge < -0.3 is 9.64 Å². The largest absolute Gasteiger partial charge is 0.497 e. The zero-order valence-electron chi connectivity index (χ0n) is 11.5. The number of carbonyl (C=O) groups is 1. The number of rotatable bonds is 4. The molecule has 0 fully saturated rings. The van der Waals surface area contributed by atoms with E-state index in [-0.39, 0.29) is 5.91 Å². The number of benzene rings is 2. The molecule has 4 heteroatoms. The summed E-state index contributed by atoms with van der Waals surface area (Å²) in [5, 5.41) is 0. The Kier molecular flexibility index (Phi) is 4.79. The zero-order chi connectivity index (χ0) is 14.5. The van der Waals surface area contributed by atoms with Crippen LogP contribution in [0.25, 0.3) is 0 Å². The van der Waals surface area contributed by atoms with E-state index in [1.807, 2.05) is 48.5 Å². The van der Waals surface area contributed by atoms with Crippen LogP contribution in [0.3, 0.4) is 0 Å². The molecule has 0 aliphatic rings. The van der Waals surface area contributed by atoms with Crippen molar-refractivity contribution in [3.05, 3.63) is 64.1 Å². The van der Waals surface area contributed by atoms with Crippen molar-refractivity contribution in [3.63, 3.8) is 0 Å². The van der Waals surface area contributed by atoms with E-state index in [0.717, 1.165) is 15.8 Å². The number of nitrogens with zero attached hydrogens (tertiary/aromatic N) is 1. The predicted molar refractivity (Wildman–Crippen MR) is 82.9 cm³/mol. The fraction of sp³-hybridized carbons (Fsp3) is 0.188. The lowest BCUT2D eigenvalue weighted by molar-refractivity contribution is 0.0784. The van der Waals surface area contributed by atoms with Crippen molar-refractivity contribution >= 4 is 21.8 Å². The quantitative estimate of drug-likeness (QED) is 0.853. The number of hydrogen-bond donors (Lipinski definition) is 0. The molecule has 0 radical (unpaired) electrons. The molecule has 0 atom stereocenters. The summed E-state index contributed by atoms with van der Waals surface area (Å²) >= 11 is 3.41. The number of amides is 1. The summed E-state index contributed by atoms with van der Waals surface area (Å²) in [5.74, 6) is 0.807. The molecule has 20 heavy (non-hydrogen) atoms. The van der Waals surface area contributed by atoms with Crippen LogP contribution in [0.4, 0.5) is 0 Å². The van der Waals surface area contributed by atoms with Gasteiger partial charge in [0.05, 0.1) is 12.7 Å². The Morgan fingerprint density at radius 3 is 2.40 bits per heavy atom. The van der Waals surface area contributed by atoms with Crippen LogP contribution >= 0.6 is 15.9 Å². The van der Waals surface area contributed by atoms with Crippen molar-refractivity contribution in [2.45, 2.75) is 6.54 Å². The van der Waals surface area contributed by atoms with Gasteiger partial charge in [0, 0.05) is 18.1 Å². The first-order valence-electron chi connectivity index (χ1n) is 6.24. The Labute approximate surface area is 127 Å². The lowest BCUT2D eigenvalue weighted by Gasteiger charge is -2.18. The number of halogens is 1. The summed E-state index contributed by atoms with van der Waals surface area (Å²) in [4.78, 5) is 14.1. The molecule has 0 aromatic heterocycles. The second-order valence-electron chi connectivity index (χ2n) is 4.49. The van der Waals surface area contributed by atoms with Gasteiger partial charge in [0.2, 0.25) is 0 Å². The van der Waals surface area contributed by atoms with Crippen molar-refractivity contribution in [1.29, 1.82) is 0 Å². The number of methoxy groups -OCH3 is 1. The van der Waals surface area contributed by atoms with Gasteiger partial charge in [-0.3, -0.25) is 4.79 Å². The molecule has 0 unspecified atom stereocenters. The monoisotopic (exact) mass is 333 g/mol. The average molecular weight is 334 g/mol. The fourth-order valence-corrected chi connectivity index (χ4v) is 2.37. The minimum Gasteiger partial charge on any atom is -0.497 e. The molecule has 0 aliphatic carbocycles. The molecular formula is C16H16BrNO2. The van der Waals surface area contributed by atoms with Gasteiger partial charge in [0.25, 0.3) is 5.91 Å². The highest BCUT2D eigenvalue weighted by atomic mass is 79.9. The third-order valence-corrected chi connectivity index (χ3v) is 3.72. The minimum absolute atomic E-state index is 0.00621. The van der Waals surface area contributed by atoms with Crippen LogP contribution in [0, 0.1) is 0 Å². The lowest BCUT2D eigenvalue weighted by atomic mass is 10.1. The van der Waals surface area contributed by atoms with Gasteiger partial charge in [0.1, 0.15) is 5.75 Å². The van der Waals surface area contributed by atoms with E-state index >= 15 is 0 Å². The van der Waals surface area contributed by atoms with Crippen LogP contribution in [0.5, 0.6) is 5.75 Å². The van der Waals surface area contributed by atoms with Gasteiger partial charge in [0.15, 0.2) is 0 Å². The minimum atomic E-state index is -0.00621. The first kappa shape index (κ1) is 14.6. The molecule has 2 aromatic rings.